The lowest BCUT2D eigenvalue weighted by molar-refractivity contribution is -0.131. The van der Waals surface area contributed by atoms with Gasteiger partial charge in [-0.05, 0) is 74.0 Å². The van der Waals surface area contributed by atoms with Crippen LogP contribution in [0.5, 0.6) is 5.75 Å². The smallest absolute Gasteiger partial charge is 0.429 e. The molecule has 9 nitrogen and oxygen atoms in total. The third-order valence-corrected chi connectivity index (χ3v) is 8.23. The lowest BCUT2D eigenvalue weighted by atomic mass is 9.81. The van der Waals surface area contributed by atoms with Gasteiger partial charge in [0.2, 0.25) is 11.8 Å². The van der Waals surface area contributed by atoms with Crippen LogP contribution in [-0.2, 0) is 33.8 Å². The number of nitrogens with two attached hydrogens (primary N) is 1. The summed E-state index contributed by atoms with van der Waals surface area (Å²) in [6.45, 7) is 1.11. The number of hydrogen-bond acceptors (Lipinski definition) is 7. The molecule has 2 amide bonds. The highest BCUT2D eigenvalue weighted by molar-refractivity contribution is 9.10. The van der Waals surface area contributed by atoms with E-state index in [1.54, 1.807) is 30.5 Å². The van der Waals surface area contributed by atoms with E-state index in [1.807, 2.05) is 42.5 Å². The third-order valence-electron chi connectivity index (χ3n) is 7.46. The van der Waals surface area contributed by atoms with E-state index in [1.165, 1.54) is 0 Å². The molecule has 222 valence electrons. The number of ether oxygens (including phenoxy) is 2. The Morgan fingerprint density at radius 2 is 1.71 bits per heavy atom. The molecule has 3 aromatic rings. The highest BCUT2D eigenvalue weighted by atomic mass is 79.9. The summed E-state index contributed by atoms with van der Waals surface area (Å²) in [5.41, 5.74) is 8.31. The SMILES string of the molecule is NCC1CCC(C(=O)N[C@@H](Cc2ccc(OC(=O)OCc3ccccc3Br)cc2)C(=O)NCCc2ccccn2)CC1. The van der Waals surface area contributed by atoms with Crippen LogP contribution in [0.25, 0.3) is 0 Å². The fourth-order valence-corrected chi connectivity index (χ4v) is 5.35. The summed E-state index contributed by atoms with van der Waals surface area (Å²) < 4.78 is 11.4. The molecule has 1 aliphatic rings. The second kappa shape index (κ2) is 16.0. The zero-order chi connectivity index (χ0) is 29.7. The van der Waals surface area contributed by atoms with Crippen LogP contribution in [0.1, 0.15) is 42.5 Å². The summed E-state index contributed by atoms with van der Waals surface area (Å²) in [4.78, 5) is 42.9. The Hall–Kier alpha value is -3.76. The van der Waals surface area contributed by atoms with Crippen LogP contribution in [0.2, 0.25) is 0 Å². The fourth-order valence-electron chi connectivity index (χ4n) is 4.95. The zero-order valence-electron chi connectivity index (χ0n) is 23.5. The predicted octanol–water partition coefficient (Wildman–Crippen LogP) is 4.71. The normalized spacial score (nSPS) is 17.1. The number of carbonyl (C=O) groups excluding carboxylic acids is 3. The predicted molar refractivity (Wildman–Crippen MR) is 162 cm³/mol. The molecule has 4 N–H and O–H groups in total. The molecule has 0 saturated heterocycles. The van der Waals surface area contributed by atoms with Gasteiger partial charge < -0.3 is 25.8 Å². The fraction of sp³-hybridized carbons (Fsp3) is 0.375. The molecule has 2 aromatic carbocycles. The average molecular weight is 638 g/mol. The maximum Gasteiger partial charge on any atom is 0.514 e. The molecule has 1 saturated carbocycles. The number of nitrogens with one attached hydrogen (secondary N) is 2. The van der Waals surface area contributed by atoms with Crippen molar-refractivity contribution in [2.75, 3.05) is 13.1 Å². The van der Waals surface area contributed by atoms with E-state index in [4.69, 9.17) is 15.2 Å². The number of benzene rings is 2. The van der Waals surface area contributed by atoms with Gasteiger partial charge in [0.05, 0.1) is 0 Å². The molecule has 1 heterocycles. The first-order valence-electron chi connectivity index (χ1n) is 14.3. The Morgan fingerprint density at radius 1 is 0.976 bits per heavy atom. The summed E-state index contributed by atoms with van der Waals surface area (Å²) in [7, 11) is 0. The van der Waals surface area contributed by atoms with Gasteiger partial charge in [-0.1, -0.05) is 52.3 Å². The minimum atomic E-state index is -0.819. The van der Waals surface area contributed by atoms with Crippen molar-refractivity contribution in [1.82, 2.24) is 15.6 Å². The Bertz CT molecular complexity index is 1310. The number of carbonyl (C=O) groups is 3. The molecular formula is C32H37BrN4O5. The van der Waals surface area contributed by atoms with Gasteiger partial charge in [-0.2, -0.15) is 0 Å². The van der Waals surface area contributed by atoms with E-state index in [2.05, 4.69) is 31.5 Å². The molecule has 10 heteroatoms. The molecule has 1 fully saturated rings. The highest BCUT2D eigenvalue weighted by Crippen LogP contribution is 2.28. The standard InChI is InChI=1S/C32H37BrN4O5/c33-28-7-2-1-5-25(28)21-41-32(40)42-27-14-10-22(11-15-27)19-29(31(39)36-18-16-26-6-3-4-17-35-26)37-30(38)24-12-8-23(20-34)9-13-24/h1-7,10-11,14-15,17,23-24,29H,8-9,12-13,16,18-21,34H2,(H,36,39)(H,37,38)/t23?,24?,29-/m0/s1. The molecule has 42 heavy (non-hydrogen) atoms. The number of amides is 2. The highest BCUT2D eigenvalue weighted by Gasteiger charge is 2.29. The van der Waals surface area contributed by atoms with Crippen molar-refractivity contribution < 1.29 is 23.9 Å². The monoisotopic (exact) mass is 636 g/mol. The minimum Gasteiger partial charge on any atom is -0.429 e. The van der Waals surface area contributed by atoms with Gasteiger partial charge in [-0.25, -0.2) is 4.79 Å². The second-order valence-electron chi connectivity index (χ2n) is 10.5. The molecule has 1 aromatic heterocycles. The van der Waals surface area contributed by atoms with E-state index >= 15 is 0 Å². The van der Waals surface area contributed by atoms with Crippen LogP contribution in [-0.4, -0.2) is 42.1 Å². The van der Waals surface area contributed by atoms with Crippen molar-refractivity contribution in [3.8, 4) is 5.75 Å². The number of rotatable bonds is 12. The van der Waals surface area contributed by atoms with E-state index in [-0.39, 0.29) is 30.8 Å². The van der Waals surface area contributed by atoms with Gasteiger partial charge in [0, 0.05) is 47.2 Å². The summed E-state index contributed by atoms with van der Waals surface area (Å²) in [6, 6.07) is 19.2. The van der Waals surface area contributed by atoms with Crippen molar-refractivity contribution in [2.24, 2.45) is 17.6 Å². The minimum absolute atomic E-state index is 0.0725. The molecule has 0 bridgehead atoms. The number of pyridine rings is 1. The van der Waals surface area contributed by atoms with Crippen LogP contribution < -0.4 is 21.1 Å². The van der Waals surface area contributed by atoms with Crippen LogP contribution in [0.15, 0.2) is 77.4 Å². The van der Waals surface area contributed by atoms with E-state index in [0.29, 0.717) is 31.2 Å². The summed E-state index contributed by atoms with van der Waals surface area (Å²) in [5.74, 6) is 0.273. The Morgan fingerprint density at radius 3 is 2.40 bits per heavy atom. The Kier molecular flexibility index (Phi) is 11.9. The molecule has 0 aliphatic heterocycles. The quantitative estimate of drug-likeness (QED) is 0.194. The maximum atomic E-state index is 13.2. The number of hydrogen-bond donors (Lipinski definition) is 3. The molecule has 1 atom stereocenters. The number of halogens is 1. The molecular weight excluding hydrogens is 600 g/mol. The average Bonchev–Trinajstić information content (AvgIpc) is 3.01. The number of nitrogens with zero attached hydrogens (tertiary/aromatic N) is 1. The summed E-state index contributed by atoms with van der Waals surface area (Å²) >= 11 is 3.42. The van der Waals surface area contributed by atoms with Gasteiger partial charge in [-0.3, -0.25) is 14.6 Å². The topological polar surface area (TPSA) is 133 Å². The largest absolute Gasteiger partial charge is 0.514 e. The Labute approximate surface area is 254 Å². The lowest BCUT2D eigenvalue weighted by Gasteiger charge is -2.28. The summed E-state index contributed by atoms with van der Waals surface area (Å²) in [5, 5.41) is 5.94. The van der Waals surface area contributed by atoms with Crippen LogP contribution in [0.4, 0.5) is 4.79 Å². The van der Waals surface area contributed by atoms with Gasteiger partial charge in [0.25, 0.3) is 0 Å². The first kappa shape index (κ1) is 31.2. The molecule has 0 spiro atoms. The van der Waals surface area contributed by atoms with E-state index in [0.717, 1.165) is 47.0 Å². The molecule has 1 aliphatic carbocycles. The van der Waals surface area contributed by atoms with E-state index < -0.39 is 12.2 Å². The molecule has 4 rings (SSSR count). The van der Waals surface area contributed by atoms with Crippen molar-refractivity contribution in [3.63, 3.8) is 0 Å². The first-order chi connectivity index (χ1) is 20.4. The third kappa shape index (κ3) is 9.66. The second-order valence-corrected chi connectivity index (χ2v) is 11.3. The van der Waals surface area contributed by atoms with Crippen LogP contribution in [0, 0.1) is 11.8 Å². The lowest BCUT2D eigenvalue weighted by Crippen LogP contribution is -2.50. The van der Waals surface area contributed by atoms with Gasteiger partial charge >= 0.3 is 6.16 Å². The first-order valence-corrected chi connectivity index (χ1v) is 15.1. The summed E-state index contributed by atoms with van der Waals surface area (Å²) in [6.07, 6.45) is 5.14. The van der Waals surface area contributed by atoms with Crippen LogP contribution >= 0.6 is 15.9 Å². The van der Waals surface area contributed by atoms with Crippen molar-refractivity contribution in [3.05, 3.63) is 94.2 Å². The van der Waals surface area contributed by atoms with Crippen LogP contribution in [0.3, 0.4) is 0 Å². The van der Waals surface area contributed by atoms with Crippen molar-refractivity contribution in [2.45, 2.75) is 51.2 Å². The Balaban J connectivity index is 1.34. The number of aromatic nitrogens is 1. The maximum absolute atomic E-state index is 13.2. The van der Waals surface area contributed by atoms with Gasteiger partial charge in [0.15, 0.2) is 0 Å². The van der Waals surface area contributed by atoms with E-state index in [9.17, 15) is 14.4 Å². The molecule has 0 unspecified atom stereocenters. The zero-order valence-corrected chi connectivity index (χ0v) is 25.1. The van der Waals surface area contributed by atoms with Gasteiger partial charge in [0.1, 0.15) is 18.4 Å². The van der Waals surface area contributed by atoms with Crippen molar-refractivity contribution in [1.29, 1.82) is 0 Å². The molecule has 0 radical (unpaired) electrons. The van der Waals surface area contributed by atoms with Gasteiger partial charge in [-0.15, -0.1) is 0 Å². The van der Waals surface area contributed by atoms with Crippen molar-refractivity contribution >= 4 is 33.9 Å².